The van der Waals surface area contributed by atoms with Crippen LogP contribution in [-0.2, 0) is 10.0 Å². The maximum absolute atomic E-state index is 11.4. The summed E-state index contributed by atoms with van der Waals surface area (Å²) in [6.07, 6.45) is 0. The number of anilines is 1. The molecule has 0 aliphatic rings. The number of nitrogens with one attached hydrogen (secondary N) is 1. The van der Waals surface area contributed by atoms with Gasteiger partial charge in [-0.25, -0.2) is 8.42 Å². The van der Waals surface area contributed by atoms with E-state index in [9.17, 15) is 8.42 Å². The highest BCUT2D eigenvalue weighted by molar-refractivity contribution is 7.92. The second-order valence-electron chi connectivity index (χ2n) is 3.51. The molecule has 4 nitrogen and oxygen atoms in total. The van der Waals surface area contributed by atoms with E-state index in [1.54, 1.807) is 6.07 Å². The molecule has 5 heteroatoms. The molecule has 0 spiro atoms. The van der Waals surface area contributed by atoms with Crippen molar-refractivity contribution in [3.05, 3.63) is 29.3 Å². The number of benzene rings is 1. The fraction of sp³-hybridized carbons (Fsp3) is 0.400. The van der Waals surface area contributed by atoms with Crippen LogP contribution in [0.3, 0.4) is 0 Å². The van der Waals surface area contributed by atoms with Gasteiger partial charge in [0.1, 0.15) is 0 Å². The molecule has 0 radical (unpaired) electrons. The third-order valence-electron chi connectivity index (χ3n) is 2.17. The predicted octanol–water partition coefficient (Wildman–Crippen LogP) is 1.00. The summed E-state index contributed by atoms with van der Waals surface area (Å²) in [5, 5.41) is 0. The molecule has 0 unspecified atom stereocenters. The van der Waals surface area contributed by atoms with E-state index in [-0.39, 0.29) is 12.3 Å². The van der Waals surface area contributed by atoms with Crippen molar-refractivity contribution < 1.29 is 8.42 Å². The van der Waals surface area contributed by atoms with Crippen molar-refractivity contribution in [2.75, 3.05) is 17.0 Å². The van der Waals surface area contributed by atoms with Gasteiger partial charge in [-0.1, -0.05) is 6.07 Å². The first-order chi connectivity index (χ1) is 6.94. The lowest BCUT2D eigenvalue weighted by molar-refractivity contribution is 0.601. The zero-order chi connectivity index (χ0) is 11.5. The molecular weight excluding hydrogens is 212 g/mol. The third-order valence-corrected chi connectivity index (χ3v) is 3.49. The van der Waals surface area contributed by atoms with E-state index in [1.165, 1.54) is 0 Å². The van der Waals surface area contributed by atoms with Gasteiger partial charge in [0.15, 0.2) is 0 Å². The number of aryl methyl sites for hydroxylation is 2. The van der Waals surface area contributed by atoms with Crippen molar-refractivity contribution >= 4 is 15.7 Å². The molecule has 15 heavy (non-hydrogen) atoms. The Morgan fingerprint density at radius 2 is 1.93 bits per heavy atom. The average molecular weight is 228 g/mol. The molecule has 1 aromatic rings. The van der Waals surface area contributed by atoms with Gasteiger partial charge in [0.2, 0.25) is 10.0 Å². The van der Waals surface area contributed by atoms with Crippen LogP contribution >= 0.6 is 0 Å². The van der Waals surface area contributed by atoms with Crippen LogP contribution in [0.1, 0.15) is 11.1 Å². The number of hydrogen-bond donors (Lipinski definition) is 2. The molecule has 0 fully saturated rings. The van der Waals surface area contributed by atoms with E-state index in [0.717, 1.165) is 11.1 Å². The monoisotopic (exact) mass is 228 g/mol. The number of hydrogen-bond acceptors (Lipinski definition) is 3. The summed E-state index contributed by atoms with van der Waals surface area (Å²) in [5.41, 5.74) is 7.99. The number of sulfonamides is 1. The first-order valence-corrected chi connectivity index (χ1v) is 6.37. The lowest BCUT2D eigenvalue weighted by Crippen LogP contribution is -2.22. The Kier molecular flexibility index (Phi) is 3.71. The molecule has 0 aliphatic heterocycles. The Bertz CT molecular complexity index is 441. The minimum absolute atomic E-state index is 0.0556. The Morgan fingerprint density at radius 3 is 2.47 bits per heavy atom. The summed E-state index contributed by atoms with van der Waals surface area (Å²) in [4.78, 5) is 0. The lowest BCUT2D eigenvalue weighted by atomic mass is 10.1. The van der Waals surface area contributed by atoms with Crippen LogP contribution in [0.5, 0.6) is 0 Å². The molecule has 0 atom stereocenters. The summed E-state index contributed by atoms with van der Waals surface area (Å²) in [7, 11) is -3.29. The Labute approximate surface area is 90.5 Å². The van der Waals surface area contributed by atoms with Crippen molar-refractivity contribution in [3.63, 3.8) is 0 Å². The SMILES string of the molecule is Cc1ccc(NS(=O)(=O)CCN)cc1C. The topological polar surface area (TPSA) is 72.2 Å². The second kappa shape index (κ2) is 4.63. The smallest absolute Gasteiger partial charge is 0.233 e. The molecule has 0 bridgehead atoms. The van der Waals surface area contributed by atoms with Gasteiger partial charge in [-0.2, -0.15) is 0 Å². The highest BCUT2D eigenvalue weighted by atomic mass is 32.2. The predicted molar refractivity (Wildman–Crippen MR) is 62.4 cm³/mol. The molecule has 0 aromatic heterocycles. The minimum Gasteiger partial charge on any atom is -0.329 e. The molecular formula is C10H16N2O2S. The molecule has 0 heterocycles. The van der Waals surface area contributed by atoms with Crippen LogP contribution < -0.4 is 10.5 Å². The van der Waals surface area contributed by atoms with Gasteiger partial charge >= 0.3 is 0 Å². The van der Waals surface area contributed by atoms with Crippen molar-refractivity contribution in [2.24, 2.45) is 5.73 Å². The Hall–Kier alpha value is -1.07. The second-order valence-corrected chi connectivity index (χ2v) is 5.35. The molecule has 1 rings (SSSR count). The zero-order valence-corrected chi connectivity index (χ0v) is 9.76. The van der Waals surface area contributed by atoms with E-state index in [1.807, 2.05) is 26.0 Å². The zero-order valence-electron chi connectivity index (χ0n) is 8.95. The fourth-order valence-corrected chi connectivity index (χ4v) is 2.09. The Balaban J connectivity index is 2.86. The maximum Gasteiger partial charge on any atom is 0.233 e. The lowest BCUT2D eigenvalue weighted by Gasteiger charge is -2.08. The van der Waals surface area contributed by atoms with Gasteiger partial charge in [0.05, 0.1) is 5.75 Å². The molecule has 0 saturated heterocycles. The Morgan fingerprint density at radius 1 is 1.27 bits per heavy atom. The number of rotatable bonds is 4. The van der Waals surface area contributed by atoms with Crippen molar-refractivity contribution in [2.45, 2.75) is 13.8 Å². The summed E-state index contributed by atoms with van der Waals surface area (Å²) in [6.45, 7) is 4.05. The summed E-state index contributed by atoms with van der Waals surface area (Å²) < 4.78 is 25.3. The van der Waals surface area contributed by atoms with E-state index in [4.69, 9.17) is 5.73 Å². The van der Waals surface area contributed by atoms with Gasteiger partial charge in [0.25, 0.3) is 0 Å². The van der Waals surface area contributed by atoms with Gasteiger partial charge in [-0.15, -0.1) is 0 Å². The van der Waals surface area contributed by atoms with Gasteiger partial charge < -0.3 is 5.73 Å². The van der Waals surface area contributed by atoms with Gasteiger partial charge in [0, 0.05) is 12.2 Å². The highest BCUT2D eigenvalue weighted by Crippen LogP contribution is 2.15. The van der Waals surface area contributed by atoms with Crippen LogP contribution in [0.4, 0.5) is 5.69 Å². The minimum atomic E-state index is -3.29. The van der Waals surface area contributed by atoms with E-state index in [2.05, 4.69) is 4.72 Å². The van der Waals surface area contributed by atoms with E-state index >= 15 is 0 Å². The molecule has 0 saturated carbocycles. The maximum atomic E-state index is 11.4. The van der Waals surface area contributed by atoms with Crippen LogP contribution in [0.2, 0.25) is 0 Å². The summed E-state index contributed by atoms with van der Waals surface area (Å²) >= 11 is 0. The normalized spacial score (nSPS) is 11.4. The largest absolute Gasteiger partial charge is 0.329 e. The quantitative estimate of drug-likeness (QED) is 0.807. The van der Waals surface area contributed by atoms with Crippen molar-refractivity contribution in [1.82, 2.24) is 0 Å². The average Bonchev–Trinajstić information content (AvgIpc) is 2.10. The van der Waals surface area contributed by atoms with Crippen molar-refractivity contribution in [1.29, 1.82) is 0 Å². The molecule has 84 valence electrons. The van der Waals surface area contributed by atoms with Gasteiger partial charge in [-0.3, -0.25) is 4.72 Å². The highest BCUT2D eigenvalue weighted by Gasteiger charge is 2.08. The molecule has 0 aliphatic carbocycles. The fourth-order valence-electron chi connectivity index (χ4n) is 1.19. The van der Waals surface area contributed by atoms with Crippen LogP contribution in [0, 0.1) is 13.8 Å². The molecule has 3 N–H and O–H groups in total. The third kappa shape index (κ3) is 3.53. The standard InChI is InChI=1S/C10H16N2O2S/c1-8-3-4-10(7-9(8)2)12-15(13,14)6-5-11/h3-4,7,12H,5-6,11H2,1-2H3. The van der Waals surface area contributed by atoms with Crippen LogP contribution in [0.15, 0.2) is 18.2 Å². The summed E-state index contributed by atoms with van der Waals surface area (Å²) in [5.74, 6) is -0.0556. The molecule has 0 amide bonds. The van der Waals surface area contributed by atoms with Crippen LogP contribution in [-0.4, -0.2) is 20.7 Å². The first-order valence-electron chi connectivity index (χ1n) is 4.72. The van der Waals surface area contributed by atoms with Gasteiger partial charge in [-0.05, 0) is 37.1 Å². The van der Waals surface area contributed by atoms with E-state index < -0.39 is 10.0 Å². The van der Waals surface area contributed by atoms with Crippen molar-refractivity contribution in [3.8, 4) is 0 Å². The first kappa shape index (κ1) is 12.0. The summed E-state index contributed by atoms with van der Waals surface area (Å²) in [6, 6.07) is 5.44. The number of nitrogens with two attached hydrogens (primary N) is 1. The van der Waals surface area contributed by atoms with Crippen LogP contribution in [0.25, 0.3) is 0 Å². The van der Waals surface area contributed by atoms with E-state index in [0.29, 0.717) is 5.69 Å². The molecule has 1 aromatic carbocycles.